The molecule has 22 heavy (non-hydrogen) atoms. The van der Waals surface area contributed by atoms with E-state index in [0.717, 1.165) is 17.5 Å². The van der Waals surface area contributed by atoms with Crippen molar-refractivity contribution in [3.63, 3.8) is 0 Å². The molecule has 1 aromatic heterocycles. The van der Waals surface area contributed by atoms with E-state index in [9.17, 15) is 4.79 Å². The Morgan fingerprint density at radius 2 is 2.09 bits per heavy atom. The minimum atomic E-state index is -0.132. The summed E-state index contributed by atoms with van der Waals surface area (Å²) in [6.45, 7) is 4.12. The molecule has 0 aliphatic heterocycles. The summed E-state index contributed by atoms with van der Waals surface area (Å²) in [7, 11) is 0. The number of aliphatic hydroxyl groups is 1. The van der Waals surface area contributed by atoms with E-state index in [-0.39, 0.29) is 18.6 Å². The van der Waals surface area contributed by atoms with Gasteiger partial charge in [-0.2, -0.15) is 0 Å². The van der Waals surface area contributed by atoms with Crippen LogP contribution >= 0.6 is 0 Å². The first-order chi connectivity index (χ1) is 10.6. The van der Waals surface area contributed by atoms with Crippen molar-refractivity contribution in [1.29, 1.82) is 0 Å². The van der Waals surface area contributed by atoms with Crippen LogP contribution in [0.5, 0.6) is 0 Å². The minimum Gasteiger partial charge on any atom is -0.396 e. The van der Waals surface area contributed by atoms with Crippen molar-refractivity contribution in [2.75, 3.05) is 6.61 Å². The Morgan fingerprint density at radius 1 is 1.27 bits per heavy atom. The van der Waals surface area contributed by atoms with Crippen LogP contribution in [-0.2, 0) is 0 Å². The van der Waals surface area contributed by atoms with Gasteiger partial charge in [0.25, 0.3) is 5.91 Å². The fourth-order valence-electron chi connectivity index (χ4n) is 2.32. The van der Waals surface area contributed by atoms with Gasteiger partial charge in [0.05, 0.1) is 5.56 Å². The molecule has 2 rings (SSSR count). The highest BCUT2D eigenvalue weighted by atomic mass is 16.3. The van der Waals surface area contributed by atoms with Gasteiger partial charge in [-0.15, -0.1) is 0 Å². The first-order valence-electron chi connectivity index (χ1n) is 7.54. The summed E-state index contributed by atoms with van der Waals surface area (Å²) in [5, 5.41) is 11.8. The molecule has 0 aliphatic carbocycles. The number of hydrogen-bond acceptors (Lipinski definition) is 3. The first-order valence-corrected chi connectivity index (χ1v) is 7.54. The van der Waals surface area contributed by atoms with Crippen LogP contribution in [0.1, 0.15) is 35.7 Å². The molecule has 2 aromatic rings. The van der Waals surface area contributed by atoms with Gasteiger partial charge in [0.2, 0.25) is 0 Å². The van der Waals surface area contributed by atoms with Gasteiger partial charge < -0.3 is 10.4 Å². The van der Waals surface area contributed by atoms with Gasteiger partial charge in [-0.1, -0.05) is 29.8 Å². The van der Waals surface area contributed by atoms with Crippen LogP contribution < -0.4 is 5.32 Å². The zero-order chi connectivity index (χ0) is 15.9. The zero-order valence-electron chi connectivity index (χ0n) is 13.0. The summed E-state index contributed by atoms with van der Waals surface area (Å²) >= 11 is 0. The van der Waals surface area contributed by atoms with E-state index >= 15 is 0 Å². The number of rotatable bonds is 6. The Morgan fingerprint density at radius 3 is 2.82 bits per heavy atom. The molecule has 0 saturated carbocycles. The summed E-state index contributed by atoms with van der Waals surface area (Å²) in [5.41, 5.74) is 3.70. The van der Waals surface area contributed by atoms with Crippen LogP contribution in [0.15, 0.2) is 42.7 Å². The van der Waals surface area contributed by atoms with Crippen molar-refractivity contribution in [3.8, 4) is 11.1 Å². The summed E-state index contributed by atoms with van der Waals surface area (Å²) in [4.78, 5) is 16.4. The average molecular weight is 298 g/mol. The first kappa shape index (κ1) is 16.2. The second-order valence-electron chi connectivity index (χ2n) is 5.57. The molecule has 2 N–H and O–H groups in total. The largest absolute Gasteiger partial charge is 0.396 e. The van der Waals surface area contributed by atoms with Crippen LogP contribution in [0.2, 0.25) is 0 Å². The third kappa shape index (κ3) is 4.40. The van der Waals surface area contributed by atoms with E-state index < -0.39 is 0 Å². The molecule has 0 radical (unpaired) electrons. The SMILES string of the molecule is Cc1cccc(-c2cncc(C(=O)NC(C)CCCO)c2)c1. The van der Waals surface area contributed by atoms with Gasteiger partial charge in [0, 0.05) is 30.6 Å². The lowest BCUT2D eigenvalue weighted by Gasteiger charge is -2.13. The van der Waals surface area contributed by atoms with E-state index in [4.69, 9.17) is 5.11 Å². The fraction of sp³-hybridized carbons (Fsp3) is 0.333. The molecule has 4 heteroatoms. The second kappa shape index (κ2) is 7.71. The van der Waals surface area contributed by atoms with Crippen molar-refractivity contribution < 1.29 is 9.90 Å². The van der Waals surface area contributed by atoms with Crippen molar-refractivity contribution in [2.45, 2.75) is 32.7 Å². The van der Waals surface area contributed by atoms with Gasteiger partial charge in [-0.05, 0) is 38.3 Å². The van der Waals surface area contributed by atoms with Crippen molar-refractivity contribution in [2.24, 2.45) is 0 Å². The molecule has 1 aromatic carbocycles. The maximum atomic E-state index is 12.3. The molecule has 1 unspecified atom stereocenters. The van der Waals surface area contributed by atoms with Crippen molar-refractivity contribution in [1.82, 2.24) is 10.3 Å². The smallest absolute Gasteiger partial charge is 0.253 e. The topological polar surface area (TPSA) is 62.2 Å². The summed E-state index contributed by atoms with van der Waals surface area (Å²) in [6, 6.07) is 10.0. The number of carbonyl (C=O) groups excluding carboxylic acids is 1. The normalized spacial score (nSPS) is 12.0. The lowest BCUT2D eigenvalue weighted by Crippen LogP contribution is -2.32. The van der Waals surface area contributed by atoms with E-state index in [1.807, 2.05) is 38.1 Å². The Kier molecular flexibility index (Phi) is 5.67. The number of aliphatic hydroxyl groups excluding tert-OH is 1. The number of aryl methyl sites for hydroxylation is 1. The number of carbonyl (C=O) groups is 1. The Labute approximate surface area is 131 Å². The fourth-order valence-corrected chi connectivity index (χ4v) is 2.32. The molecule has 0 spiro atoms. The molecule has 1 amide bonds. The number of hydrogen-bond donors (Lipinski definition) is 2. The number of aromatic nitrogens is 1. The predicted octanol–water partition coefficient (Wildman–Crippen LogP) is 2.95. The van der Waals surface area contributed by atoms with Crippen LogP contribution in [-0.4, -0.2) is 28.6 Å². The van der Waals surface area contributed by atoms with Gasteiger partial charge >= 0.3 is 0 Å². The minimum absolute atomic E-state index is 0.0299. The van der Waals surface area contributed by atoms with E-state index in [1.165, 1.54) is 5.56 Å². The third-order valence-corrected chi connectivity index (χ3v) is 3.52. The maximum Gasteiger partial charge on any atom is 0.253 e. The van der Waals surface area contributed by atoms with Crippen LogP contribution in [0, 0.1) is 6.92 Å². The highest BCUT2D eigenvalue weighted by molar-refractivity contribution is 5.95. The molecule has 0 bridgehead atoms. The van der Waals surface area contributed by atoms with E-state index in [1.54, 1.807) is 12.4 Å². The molecule has 4 nitrogen and oxygen atoms in total. The molecular weight excluding hydrogens is 276 g/mol. The van der Waals surface area contributed by atoms with Gasteiger partial charge in [-0.3, -0.25) is 9.78 Å². The number of amides is 1. The quantitative estimate of drug-likeness (QED) is 0.862. The van der Waals surface area contributed by atoms with E-state index in [2.05, 4.69) is 16.4 Å². The van der Waals surface area contributed by atoms with Crippen molar-refractivity contribution >= 4 is 5.91 Å². The average Bonchev–Trinajstić information content (AvgIpc) is 2.53. The van der Waals surface area contributed by atoms with Crippen LogP contribution in [0.25, 0.3) is 11.1 Å². The summed E-state index contributed by atoms with van der Waals surface area (Å²) in [5.74, 6) is -0.132. The lowest BCUT2D eigenvalue weighted by molar-refractivity contribution is 0.0936. The molecule has 0 aliphatic rings. The zero-order valence-corrected chi connectivity index (χ0v) is 13.0. The standard InChI is InChI=1S/C18H22N2O2/c1-13-5-3-7-15(9-13)16-10-17(12-19-11-16)18(22)20-14(2)6-4-8-21/h3,5,7,9-12,14,21H,4,6,8H2,1-2H3,(H,20,22). The van der Waals surface area contributed by atoms with Crippen LogP contribution in [0.3, 0.4) is 0 Å². The third-order valence-electron chi connectivity index (χ3n) is 3.52. The number of benzene rings is 1. The van der Waals surface area contributed by atoms with Gasteiger partial charge in [0.1, 0.15) is 0 Å². The number of pyridine rings is 1. The highest BCUT2D eigenvalue weighted by Crippen LogP contribution is 2.20. The Hall–Kier alpha value is -2.20. The van der Waals surface area contributed by atoms with Gasteiger partial charge in [0.15, 0.2) is 0 Å². The number of nitrogens with zero attached hydrogens (tertiary/aromatic N) is 1. The molecule has 1 heterocycles. The summed E-state index contributed by atoms with van der Waals surface area (Å²) < 4.78 is 0. The molecule has 0 saturated heterocycles. The predicted molar refractivity (Wildman–Crippen MR) is 87.7 cm³/mol. The Bertz CT molecular complexity index is 640. The van der Waals surface area contributed by atoms with Gasteiger partial charge in [-0.25, -0.2) is 0 Å². The number of nitrogens with one attached hydrogen (secondary N) is 1. The molecule has 0 fully saturated rings. The lowest BCUT2D eigenvalue weighted by atomic mass is 10.0. The van der Waals surface area contributed by atoms with E-state index in [0.29, 0.717) is 12.0 Å². The Balaban J connectivity index is 2.12. The monoisotopic (exact) mass is 298 g/mol. The molecule has 1 atom stereocenters. The molecular formula is C18H22N2O2. The maximum absolute atomic E-state index is 12.3. The second-order valence-corrected chi connectivity index (χ2v) is 5.57. The van der Waals surface area contributed by atoms with Crippen molar-refractivity contribution in [3.05, 3.63) is 53.9 Å². The van der Waals surface area contributed by atoms with Crippen LogP contribution in [0.4, 0.5) is 0 Å². The molecule has 116 valence electrons. The highest BCUT2D eigenvalue weighted by Gasteiger charge is 2.11. The summed E-state index contributed by atoms with van der Waals surface area (Å²) in [6.07, 6.45) is 4.78.